The molecule has 0 bridgehead atoms. The van der Waals surface area contributed by atoms with Crippen LogP contribution in [0.3, 0.4) is 0 Å². The van der Waals surface area contributed by atoms with Crippen molar-refractivity contribution in [2.75, 3.05) is 44.7 Å². The summed E-state index contributed by atoms with van der Waals surface area (Å²) in [4.78, 5) is 33.7. The van der Waals surface area contributed by atoms with Gasteiger partial charge in [-0.3, -0.25) is 14.0 Å². The number of piperazine rings is 1. The van der Waals surface area contributed by atoms with Crippen molar-refractivity contribution in [3.05, 3.63) is 45.4 Å². The van der Waals surface area contributed by atoms with E-state index in [9.17, 15) is 14.9 Å². The summed E-state index contributed by atoms with van der Waals surface area (Å²) in [6.07, 6.45) is 3.03. The van der Waals surface area contributed by atoms with Crippen LogP contribution in [-0.2, 0) is 4.79 Å². The Hall–Kier alpha value is -3.18. The van der Waals surface area contributed by atoms with Crippen molar-refractivity contribution in [3.63, 3.8) is 0 Å². The van der Waals surface area contributed by atoms with Gasteiger partial charge in [0.15, 0.2) is 0 Å². The van der Waals surface area contributed by atoms with E-state index in [1.54, 1.807) is 19.2 Å². The Kier molecular flexibility index (Phi) is 5.76. The van der Waals surface area contributed by atoms with Gasteiger partial charge in [-0.1, -0.05) is 6.07 Å². The van der Waals surface area contributed by atoms with Gasteiger partial charge in [0.05, 0.1) is 38.8 Å². The lowest BCUT2D eigenvalue weighted by molar-refractivity contribution is -0.880. The van der Waals surface area contributed by atoms with Crippen LogP contribution in [0, 0.1) is 18.3 Å². The molecule has 0 unspecified atom stereocenters. The first-order chi connectivity index (χ1) is 13.5. The Morgan fingerprint density at radius 3 is 2.79 bits per heavy atom. The predicted molar refractivity (Wildman–Crippen MR) is 107 cm³/mol. The highest BCUT2D eigenvalue weighted by atomic mass is 16.1. The van der Waals surface area contributed by atoms with E-state index in [2.05, 4.69) is 17.3 Å². The molecule has 1 aliphatic rings. The molecule has 1 amide bonds. The Balaban J connectivity index is 2.23. The zero-order valence-electron chi connectivity index (χ0n) is 16.5. The van der Waals surface area contributed by atoms with Gasteiger partial charge in [0.1, 0.15) is 23.1 Å². The van der Waals surface area contributed by atoms with Gasteiger partial charge in [0.25, 0.3) is 11.5 Å². The molecule has 1 aliphatic heterocycles. The number of carbonyl (C=O) groups excluding carboxylic acids is 1. The van der Waals surface area contributed by atoms with Crippen molar-refractivity contribution in [2.45, 2.75) is 13.8 Å². The fourth-order valence-electron chi connectivity index (χ4n) is 3.32. The van der Waals surface area contributed by atoms with E-state index in [-0.39, 0.29) is 16.7 Å². The number of nitrogens with zero attached hydrogens (tertiary/aromatic N) is 4. The number of hydrogen-bond acceptors (Lipinski definition) is 5. The van der Waals surface area contributed by atoms with Crippen LogP contribution < -0.4 is 20.7 Å². The van der Waals surface area contributed by atoms with E-state index in [1.165, 1.54) is 15.4 Å². The Morgan fingerprint density at radius 2 is 2.14 bits per heavy atom. The minimum absolute atomic E-state index is 0.102. The summed E-state index contributed by atoms with van der Waals surface area (Å²) in [5.74, 6) is 0.0383. The van der Waals surface area contributed by atoms with Crippen molar-refractivity contribution < 1.29 is 9.69 Å². The molecule has 3 heterocycles. The summed E-state index contributed by atoms with van der Waals surface area (Å²) < 4.78 is 1.47. The monoisotopic (exact) mass is 381 g/mol. The highest BCUT2D eigenvalue weighted by Crippen LogP contribution is 2.20. The van der Waals surface area contributed by atoms with Crippen LogP contribution in [0.1, 0.15) is 18.1 Å². The molecule has 0 saturated carbocycles. The van der Waals surface area contributed by atoms with Crippen LogP contribution >= 0.6 is 0 Å². The lowest BCUT2D eigenvalue weighted by Crippen LogP contribution is -3.12. The minimum Gasteiger partial charge on any atom is -0.352 e. The molecular formula is C20H25N6O2+. The molecule has 0 atom stereocenters. The number of hydrogen-bond donors (Lipinski definition) is 2. The van der Waals surface area contributed by atoms with Gasteiger partial charge in [-0.15, -0.1) is 0 Å². The number of carbonyl (C=O) groups is 1. The molecular weight excluding hydrogens is 356 g/mol. The third-order valence-electron chi connectivity index (χ3n) is 4.97. The van der Waals surface area contributed by atoms with E-state index < -0.39 is 5.91 Å². The topological polar surface area (TPSA) is 94.9 Å². The maximum atomic E-state index is 13.2. The molecule has 1 fully saturated rings. The fraction of sp³-hybridized carbons (Fsp3) is 0.400. The molecule has 8 heteroatoms. The van der Waals surface area contributed by atoms with Crippen LogP contribution in [0.25, 0.3) is 11.7 Å². The first-order valence-electron chi connectivity index (χ1n) is 9.44. The number of aromatic nitrogens is 2. The lowest BCUT2D eigenvalue weighted by Gasteiger charge is -2.31. The van der Waals surface area contributed by atoms with Gasteiger partial charge in [0, 0.05) is 12.7 Å². The normalized spacial score (nSPS) is 15.5. The number of fused-ring (bicyclic) bond motifs is 1. The van der Waals surface area contributed by atoms with Gasteiger partial charge < -0.3 is 15.1 Å². The summed E-state index contributed by atoms with van der Waals surface area (Å²) in [5, 5.41) is 12.1. The molecule has 1 saturated heterocycles. The molecule has 2 N–H and O–H groups in total. The van der Waals surface area contributed by atoms with Crippen LogP contribution in [0.4, 0.5) is 5.82 Å². The summed E-state index contributed by atoms with van der Waals surface area (Å²) in [6.45, 7) is 7.46. The first-order valence-corrected chi connectivity index (χ1v) is 9.44. The summed E-state index contributed by atoms with van der Waals surface area (Å²) in [7, 11) is 2.13. The zero-order valence-corrected chi connectivity index (χ0v) is 16.5. The fourth-order valence-corrected chi connectivity index (χ4v) is 3.32. The minimum atomic E-state index is -0.493. The number of nitriles is 1. The standard InChI is InChI=1S/C20H24N6O2/c1-4-22-19(27)15(13-21)12-16-18(25-10-8-24(3)9-11-25)23-17-14(2)6-5-7-26(17)20(16)28/h5-7,12H,4,8-11H2,1-3H3,(H,22,27)/p+1/b15-12+. The molecule has 3 rings (SSSR count). The van der Waals surface area contributed by atoms with Crippen LogP contribution in [0.2, 0.25) is 0 Å². The summed E-state index contributed by atoms with van der Waals surface area (Å²) in [5.41, 5.74) is 1.36. The molecule has 2 aromatic rings. The van der Waals surface area contributed by atoms with Crippen molar-refractivity contribution in [1.82, 2.24) is 14.7 Å². The Labute approximate surface area is 163 Å². The molecule has 0 spiro atoms. The van der Waals surface area contributed by atoms with Gasteiger partial charge >= 0.3 is 0 Å². The molecule has 0 aliphatic carbocycles. The highest BCUT2D eigenvalue weighted by molar-refractivity contribution is 6.02. The van der Waals surface area contributed by atoms with Crippen LogP contribution in [-0.4, -0.2) is 55.1 Å². The smallest absolute Gasteiger partial charge is 0.267 e. The zero-order chi connectivity index (χ0) is 20.3. The van der Waals surface area contributed by atoms with Crippen molar-refractivity contribution in [1.29, 1.82) is 5.26 Å². The largest absolute Gasteiger partial charge is 0.352 e. The maximum Gasteiger partial charge on any atom is 0.267 e. The number of rotatable bonds is 4. The summed E-state index contributed by atoms with van der Waals surface area (Å²) in [6, 6.07) is 5.60. The van der Waals surface area contributed by atoms with Gasteiger partial charge in [0.2, 0.25) is 0 Å². The molecule has 0 radical (unpaired) electrons. The van der Waals surface area contributed by atoms with Crippen LogP contribution in [0.15, 0.2) is 28.7 Å². The number of pyridine rings is 1. The predicted octanol–water partition coefficient (Wildman–Crippen LogP) is -0.619. The van der Waals surface area contributed by atoms with E-state index in [0.717, 1.165) is 31.7 Å². The van der Waals surface area contributed by atoms with E-state index in [1.807, 2.05) is 19.1 Å². The van der Waals surface area contributed by atoms with Crippen LogP contribution in [0.5, 0.6) is 0 Å². The van der Waals surface area contributed by atoms with Gasteiger partial charge in [-0.25, -0.2) is 4.98 Å². The number of amides is 1. The van der Waals surface area contributed by atoms with E-state index >= 15 is 0 Å². The average Bonchev–Trinajstić information content (AvgIpc) is 2.68. The highest BCUT2D eigenvalue weighted by Gasteiger charge is 2.24. The molecule has 8 nitrogen and oxygen atoms in total. The van der Waals surface area contributed by atoms with Crippen molar-refractivity contribution >= 4 is 23.4 Å². The van der Waals surface area contributed by atoms with Gasteiger partial charge in [-0.2, -0.15) is 5.26 Å². The third kappa shape index (κ3) is 3.75. The quantitative estimate of drug-likeness (QED) is 0.544. The number of aryl methyl sites for hydroxylation is 1. The lowest BCUT2D eigenvalue weighted by atomic mass is 10.1. The van der Waals surface area contributed by atoms with E-state index in [4.69, 9.17) is 4.98 Å². The van der Waals surface area contributed by atoms with Gasteiger partial charge in [-0.05, 0) is 31.6 Å². The van der Waals surface area contributed by atoms with Crippen molar-refractivity contribution in [3.8, 4) is 6.07 Å². The number of nitrogens with one attached hydrogen (secondary N) is 2. The number of likely N-dealkylation sites (N-methyl/N-ethyl adjacent to an activating group) is 2. The Morgan fingerprint density at radius 1 is 1.43 bits per heavy atom. The second-order valence-corrected chi connectivity index (χ2v) is 7.01. The molecule has 146 valence electrons. The third-order valence-corrected chi connectivity index (χ3v) is 4.97. The summed E-state index contributed by atoms with van der Waals surface area (Å²) >= 11 is 0. The van der Waals surface area contributed by atoms with E-state index in [0.29, 0.717) is 18.0 Å². The number of quaternary nitrogens is 1. The second-order valence-electron chi connectivity index (χ2n) is 7.01. The first kappa shape index (κ1) is 19.6. The molecule has 2 aromatic heterocycles. The van der Waals surface area contributed by atoms with Crippen molar-refractivity contribution in [2.24, 2.45) is 0 Å². The maximum absolute atomic E-state index is 13.2. The SMILES string of the molecule is CCNC(=O)/C(C#N)=C/c1c(N2CC[NH+](C)CC2)nc2c(C)cccn2c1=O. The average molecular weight is 381 g/mol. The number of anilines is 1. The second kappa shape index (κ2) is 8.23. The molecule has 28 heavy (non-hydrogen) atoms. The molecule has 0 aromatic carbocycles. The Bertz CT molecular complexity index is 1030.